The highest BCUT2D eigenvalue weighted by molar-refractivity contribution is 5.98. The zero-order chi connectivity index (χ0) is 8.39. The van der Waals surface area contributed by atoms with E-state index in [0.717, 1.165) is 18.4 Å². The quantitative estimate of drug-likeness (QED) is 0.672. The maximum absolute atomic E-state index is 11.1. The monoisotopic (exact) mass is 161 g/mol. The van der Waals surface area contributed by atoms with Gasteiger partial charge in [0.05, 0.1) is 0 Å². The van der Waals surface area contributed by atoms with E-state index in [1.54, 1.807) is 6.08 Å². The zero-order valence-electron chi connectivity index (χ0n) is 6.84. The SMILES string of the molecule is O=C1C=C(c2cc[nH]c2)CCC1. The summed E-state index contributed by atoms with van der Waals surface area (Å²) in [6.45, 7) is 0. The molecule has 1 aliphatic carbocycles. The highest BCUT2D eigenvalue weighted by Gasteiger charge is 2.10. The van der Waals surface area contributed by atoms with Crippen LogP contribution in [0, 0.1) is 0 Å². The third kappa shape index (κ3) is 1.33. The van der Waals surface area contributed by atoms with Gasteiger partial charge in [0.1, 0.15) is 0 Å². The molecule has 2 heteroatoms. The third-order valence-electron chi connectivity index (χ3n) is 2.17. The van der Waals surface area contributed by atoms with Crippen molar-refractivity contribution >= 4 is 11.4 Å². The second kappa shape index (κ2) is 2.97. The van der Waals surface area contributed by atoms with Gasteiger partial charge < -0.3 is 4.98 Å². The Bertz CT molecular complexity index is 309. The molecule has 0 spiro atoms. The van der Waals surface area contributed by atoms with Gasteiger partial charge in [-0.1, -0.05) is 0 Å². The van der Waals surface area contributed by atoms with Crippen LogP contribution in [-0.4, -0.2) is 10.8 Å². The molecule has 0 saturated heterocycles. The summed E-state index contributed by atoms with van der Waals surface area (Å²) in [4.78, 5) is 14.1. The van der Waals surface area contributed by atoms with Crippen LogP contribution in [0.15, 0.2) is 24.5 Å². The van der Waals surface area contributed by atoms with Crippen molar-refractivity contribution in [1.29, 1.82) is 0 Å². The Morgan fingerprint density at radius 3 is 2.92 bits per heavy atom. The van der Waals surface area contributed by atoms with Crippen LogP contribution in [0.5, 0.6) is 0 Å². The van der Waals surface area contributed by atoms with Crippen molar-refractivity contribution in [2.24, 2.45) is 0 Å². The lowest BCUT2D eigenvalue weighted by atomic mass is 9.95. The maximum atomic E-state index is 11.1. The van der Waals surface area contributed by atoms with Crippen molar-refractivity contribution in [3.05, 3.63) is 30.1 Å². The van der Waals surface area contributed by atoms with Gasteiger partial charge in [-0.2, -0.15) is 0 Å². The molecule has 0 unspecified atom stereocenters. The summed E-state index contributed by atoms with van der Waals surface area (Å²) >= 11 is 0. The molecule has 62 valence electrons. The molecule has 0 saturated carbocycles. The molecule has 1 aliphatic rings. The van der Waals surface area contributed by atoms with Gasteiger partial charge in [-0.05, 0) is 36.1 Å². The summed E-state index contributed by atoms with van der Waals surface area (Å²) in [5, 5.41) is 0. The van der Waals surface area contributed by atoms with Crippen molar-refractivity contribution in [1.82, 2.24) is 4.98 Å². The Kier molecular flexibility index (Phi) is 1.82. The molecule has 0 atom stereocenters. The largest absolute Gasteiger partial charge is 0.367 e. The summed E-state index contributed by atoms with van der Waals surface area (Å²) in [5.74, 6) is 0.262. The number of hydrogen-bond donors (Lipinski definition) is 1. The van der Waals surface area contributed by atoms with Gasteiger partial charge in [0.2, 0.25) is 0 Å². The average molecular weight is 161 g/mol. The first-order valence-electron chi connectivity index (χ1n) is 4.23. The summed E-state index contributed by atoms with van der Waals surface area (Å²) in [7, 11) is 0. The topological polar surface area (TPSA) is 32.9 Å². The lowest BCUT2D eigenvalue weighted by Gasteiger charge is -2.09. The Balaban J connectivity index is 2.29. The molecule has 0 aromatic carbocycles. The Labute approximate surface area is 71.3 Å². The molecular formula is C10H11NO. The standard InChI is InChI=1S/C10H11NO/c12-10-3-1-2-8(6-10)9-4-5-11-7-9/h4-7,11H,1-3H2. The first-order valence-corrected chi connectivity index (χ1v) is 4.23. The van der Waals surface area contributed by atoms with Crippen molar-refractivity contribution in [2.45, 2.75) is 19.3 Å². The number of allylic oxidation sites excluding steroid dienone is 2. The molecule has 12 heavy (non-hydrogen) atoms. The highest BCUT2D eigenvalue weighted by Crippen LogP contribution is 2.24. The van der Waals surface area contributed by atoms with Gasteiger partial charge in [0.15, 0.2) is 5.78 Å². The minimum atomic E-state index is 0.262. The highest BCUT2D eigenvalue weighted by atomic mass is 16.1. The van der Waals surface area contributed by atoms with Crippen molar-refractivity contribution in [3.63, 3.8) is 0 Å². The Morgan fingerprint density at radius 2 is 2.25 bits per heavy atom. The lowest BCUT2D eigenvalue weighted by molar-refractivity contribution is -0.114. The van der Waals surface area contributed by atoms with Crippen LogP contribution in [0.3, 0.4) is 0 Å². The minimum Gasteiger partial charge on any atom is -0.367 e. The predicted octanol–water partition coefficient (Wildman–Crippen LogP) is 2.15. The number of aromatic nitrogens is 1. The molecule has 0 amide bonds. The second-order valence-corrected chi connectivity index (χ2v) is 3.09. The van der Waals surface area contributed by atoms with Gasteiger partial charge in [0.25, 0.3) is 0 Å². The van der Waals surface area contributed by atoms with Gasteiger partial charge in [-0.15, -0.1) is 0 Å². The van der Waals surface area contributed by atoms with Crippen LogP contribution >= 0.6 is 0 Å². The van der Waals surface area contributed by atoms with Gasteiger partial charge >= 0.3 is 0 Å². The number of rotatable bonds is 1. The van der Waals surface area contributed by atoms with Crippen molar-refractivity contribution in [2.75, 3.05) is 0 Å². The molecule has 2 nitrogen and oxygen atoms in total. The molecule has 0 radical (unpaired) electrons. The van der Waals surface area contributed by atoms with E-state index in [0.29, 0.717) is 6.42 Å². The van der Waals surface area contributed by atoms with Crippen LogP contribution < -0.4 is 0 Å². The van der Waals surface area contributed by atoms with E-state index in [1.807, 2.05) is 18.5 Å². The van der Waals surface area contributed by atoms with Crippen molar-refractivity contribution < 1.29 is 4.79 Å². The van der Waals surface area contributed by atoms with Crippen LogP contribution in [0.1, 0.15) is 24.8 Å². The van der Waals surface area contributed by atoms with E-state index in [4.69, 9.17) is 0 Å². The fraction of sp³-hybridized carbons (Fsp3) is 0.300. The molecule has 0 bridgehead atoms. The normalized spacial score (nSPS) is 17.7. The van der Waals surface area contributed by atoms with E-state index >= 15 is 0 Å². The van der Waals surface area contributed by atoms with Gasteiger partial charge in [-0.25, -0.2) is 0 Å². The van der Waals surface area contributed by atoms with E-state index in [-0.39, 0.29) is 5.78 Å². The molecule has 1 heterocycles. The minimum absolute atomic E-state index is 0.262. The number of ketones is 1. The predicted molar refractivity (Wildman–Crippen MR) is 47.6 cm³/mol. The van der Waals surface area contributed by atoms with Crippen molar-refractivity contribution in [3.8, 4) is 0 Å². The summed E-state index contributed by atoms with van der Waals surface area (Å²) < 4.78 is 0. The third-order valence-corrected chi connectivity index (χ3v) is 2.17. The Hall–Kier alpha value is -1.31. The molecule has 0 fully saturated rings. The number of H-pyrrole nitrogens is 1. The van der Waals surface area contributed by atoms with E-state index < -0.39 is 0 Å². The number of aromatic amines is 1. The van der Waals surface area contributed by atoms with Gasteiger partial charge in [-0.3, -0.25) is 4.79 Å². The molecule has 1 aromatic heterocycles. The zero-order valence-corrected chi connectivity index (χ0v) is 6.84. The summed E-state index contributed by atoms with van der Waals surface area (Å²) in [5.41, 5.74) is 2.33. The van der Waals surface area contributed by atoms with E-state index in [2.05, 4.69) is 4.98 Å². The van der Waals surface area contributed by atoms with Crippen LogP contribution in [0.2, 0.25) is 0 Å². The molecule has 1 aromatic rings. The number of carbonyl (C=O) groups excluding carboxylic acids is 1. The Morgan fingerprint density at radius 1 is 1.33 bits per heavy atom. The average Bonchev–Trinajstić information content (AvgIpc) is 2.56. The first kappa shape index (κ1) is 7.35. The van der Waals surface area contributed by atoms with E-state index in [9.17, 15) is 4.79 Å². The summed E-state index contributed by atoms with van der Waals surface area (Å²) in [6.07, 6.45) is 8.33. The smallest absolute Gasteiger partial charge is 0.155 e. The first-order chi connectivity index (χ1) is 5.86. The molecular weight excluding hydrogens is 150 g/mol. The van der Waals surface area contributed by atoms with Crippen LogP contribution in [0.4, 0.5) is 0 Å². The fourth-order valence-corrected chi connectivity index (χ4v) is 1.54. The lowest BCUT2D eigenvalue weighted by Crippen LogP contribution is -2.01. The number of nitrogens with one attached hydrogen (secondary N) is 1. The summed E-state index contributed by atoms with van der Waals surface area (Å²) in [6, 6.07) is 2.00. The second-order valence-electron chi connectivity index (χ2n) is 3.09. The van der Waals surface area contributed by atoms with E-state index in [1.165, 1.54) is 5.57 Å². The number of carbonyl (C=O) groups is 1. The maximum Gasteiger partial charge on any atom is 0.155 e. The molecule has 1 N–H and O–H groups in total. The number of hydrogen-bond acceptors (Lipinski definition) is 1. The van der Waals surface area contributed by atoms with Crippen LogP contribution in [-0.2, 0) is 4.79 Å². The molecule has 0 aliphatic heterocycles. The molecule has 2 rings (SSSR count). The fourth-order valence-electron chi connectivity index (χ4n) is 1.54. The van der Waals surface area contributed by atoms with Crippen LogP contribution in [0.25, 0.3) is 5.57 Å². The van der Waals surface area contributed by atoms with Gasteiger partial charge in [0, 0.05) is 18.8 Å².